The fraction of sp³-hybridized carbons (Fsp3) is 0.489. The quantitative estimate of drug-likeness (QED) is 0.0286. The van der Waals surface area contributed by atoms with Crippen LogP contribution in [0.4, 0.5) is 4.39 Å². The van der Waals surface area contributed by atoms with Gasteiger partial charge in [0.15, 0.2) is 6.10 Å². The normalized spacial score (nSPS) is 17.2. The van der Waals surface area contributed by atoms with E-state index in [4.69, 9.17) is 9.72 Å². The third-order valence-corrected chi connectivity index (χ3v) is 13.5. The number of fused-ring (bicyclic) bond motifs is 5. The fourth-order valence-electron chi connectivity index (χ4n) is 8.37. The first kappa shape index (κ1) is 49.4. The molecule has 1 saturated carbocycles. The van der Waals surface area contributed by atoms with E-state index in [1.54, 1.807) is 26.0 Å². The molecule has 1 aliphatic carbocycles. The maximum absolute atomic E-state index is 14.8. The number of thioether (sulfide) groups is 1. The molecular weight excluding hydrogens is 904 g/mol. The van der Waals surface area contributed by atoms with E-state index in [0.717, 1.165) is 17.7 Å². The number of imide groups is 1. The maximum atomic E-state index is 14.8. The van der Waals surface area contributed by atoms with Crippen LogP contribution >= 0.6 is 11.8 Å². The van der Waals surface area contributed by atoms with Crippen molar-refractivity contribution in [2.24, 2.45) is 0 Å². The summed E-state index contributed by atoms with van der Waals surface area (Å²) < 4.78 is 21.2. The van der Waals surface area contributed by atoms with Crippen molar-refractivity contribution < 1.29 is 52.6 Å². The lowest BCUT2D eigenvalue weighted by Gasteiger charge is -2.22. The number of unbranched alkanes of at least 4 members (excludes halogenated alkanes) is 4. The lowest BCUT2D eigenvalue weighted by molar-refractivity contribution is -0.157. The Bertz CT molecular complexity index is 2650. The largest absolute Gasteiger partial charge is 0.458 e. The number of aryl methyl sites for hydroxylation is 1. The molecule has 362 valence electrons. The van der Waals surface area contributed by atoms with E-state index in [-0.39, 0.29) is 73.8 Å². The van der Waals surface area contributed by atoms with Crippen molar-refractivity contribution >= 4 is 70.0 Å². The molecule has 7 rings (SSSR count). The number of halogens is 1. The number of nitrogens with zero attached hydrogens (tertiary/aromatic N) is 3. The number of pyridine rings is 2. The number of amides is 7. The summed E-state index contributed by atoms with van der Waals surface area (Å²) in [6.07, 6.45) is 5.79. The van der Waals surface area contributed by atoms with Crippen molar-refractivity contribution in [3.63, 3.8) is 0 Å². The molecule has 0 saturated heterocycles. The Kier molecular flexibility index (Phi) is 15.4. The topological polar surface area (TPSA) is 264 Å². The van der Waals surface area contributed by atoms with Crippen molar-refractivity contribution in [2.75, 3.05) is 18.2 Å². The molecule has 1 aromatic carbocycles. The van der Waals surface area contributed by atoms with E-state index in [0.29, 0.717) is 89.1 Å². The van der Waals surface area contributed by atoms with Gasteiger partial charge in [-0.15, -0.1) is 11.8 Å². The van der Waals surface area contributed by atoms with Crippen molar-refractivity contribution in [1.29, 1.82) is 0 Å². The van der Waals surface area contributed by atoms with Gasteiger partial charge in [0.2, 0.25) is 29.5 Å². The standard InChI is InChI=1S/C47H55FN8O11S/c1-25-18-28-30(31-22-56-35(40(31)53-34(28)20-33(25)48)19-29-32(44(56)64)23-67-45(65)41(29)61)21-49-36(57)10-7-5-9-17-68-24-50-42(62)26(2)52-46(66)47(14-15-47)54-43(63)27(3)51-37(58)11-6-4-8-16-55-38(59)12-13-39(55)60/h12-13,18-20,26-27,41,61H,4-11,14-17,21-24H2,1-3H3,(H,49,57)(H,50,62)(H,51,58)(H,52,66)(H,54,63)/t26-,27-,41-/m0/s1. The Morgan fingerprint density at radius 3 is 2.29 bits per heavy atom. The van der Waals surface area contributed by atoms with Gasteiger partial charge in [0.25, 0.3) is 17.4 Å². The number of aromatic nitrogens is 2. The van der Waals surface area contributed by atoms with Gasteiger partial charge in [-0.05, 0) is 88.3 Å². The Hall–Kier alpha value is -6.48. The summed E-state index contributed by atoms with van der Waals surface area (Å²) in [6.45, 7) is 4.93. The molecule has 5 heterocycles. The number of aliphatic hydroxyl groups excluding tert-OH is 1. The molecule has 0 spiro atoms. The van der Waals surface area contributed by atoms with Crippen LogP contribution in [0, 0.1) is 12.7 Å². The molecular formula is C47H55FN8O11S. The minimum Gasteiger partial charge on any atom is -0.458 e. The Balaban J connectivity index is 0.781. The average Bonchev–Trinajstić information content (AvgIpc) is 3.90. The van der Waals surface area contributed by atoms with E-state index in [1.165, 1.54) is 41.5 Å². The molecule has 6 N–H and O–H groups in total. The first-order valence-corrected chi connectivity index (χ1v) is 23.9. The van der Waals surface area contributed by atoms with Gasteiger partial charge in [-0.3, -0.25) is 43.3 Å². The smallest absolute Gasteiger partial charge is 0.340 e. The summed E-state index contributed by atoms with van der Waals surface area (Å²) in [7, 11) is 0. The van der Waals surface area contributed by atoms with Gasteiger partial charge in [0.1, 0.15) is 30.0 Å². The molecule has 0 bridgehead atoms. The predicted octanol–water partition coefficient (Wildman–Crippen LogP) is 2.09. The number of hydrogen-bond acceptors (Lipinski definition) is 13. The SMILES string of the molecule is Cc1cc2c(CNC(=O)CCCCCSCNC(=O)[C@H](C)NC(=O)C3(NC(=O)[C@H](C)NC(=O)CCCCCN4C(=O)C=CC4=O)CC3)c3c(nc2cc1F)-c1cc2c(c(=O)n1C3)COC(=O)[C@H]2O. The number of cyclic esters (lactones) is 1. The van der Waals surface area contributed by atoms with Crippen LogP contribution in [0.15, 0.2) is 35.1 Å². The van der Waals surface area contributed by atoms with Crippen molar-refractivity contribution in [1.82, 2.24) is 41.0 Å². The second-order valence-corrected chi connectivity index (χ2v) is 18.7. The number of esters is 1. The lowest BCUT2D eigenvalue weighted by Crippen LogP contribution is -2.57. The molecule has 21 heteroatoms. The summed E-state index contributed by atoms with van der Waals surface area (Å²) in [5.41, 5.74) is 1.59. The highest BCUT2D eigenvalue weighted by Crippen LogP contribution is 2.39. The number of hydrogen-bond donors (Lipinski definition) is 6. The Labute approximate surface area is 394 Å². The monoisotopic (exact) mass is 958 g/mol. The third kappa shape index (κ3) is 11.1. The van der Waals surface area contributed by atoms with Gasteiger partial charge >= 0.3 is 5.97 Å². The van der Waals surface area contributed by atoms with Crippen LogP contribution in [0.3, 0.4) is 0 Å². The summed E-state index contributed by atoms with van der Waals surface area (Å²) >= 11 is 1.49. The number of carbonyl (C=O) groups is 8. The van der Waals surface area contributed by atoms with Crippen LogP contribution in [0.25, 0.3) is 22.3 Å². The minimum atomic E-state index is -1.62. The van der Waals surface area contributed by atoms with Gasteiger partial charge in [-0.1, -0.05) is 12.8 Å². The van der Waals surface area contributed by atoms with Crippen LogP contribution in [0.5, 0.6) is 0 Å². The molecule has 3 atom stereocenters. The highest BCUT2D eigenvalue weighted by molar-refractivity contribution is 7.99. The molecule has 4 aliphatic rings. The maximum Gasteiger partial charge on any atom is 0.340 e. The number of ether oxygens (including phenoxy) is 1. The van der Waals surface area contributed by atoms with E-state index >= 15 is 0 Å². The zero-order valence-electron chi connectivity index (χ0n) is 38.1. The second kappa shape index (κ2) is 21.2. The predicted molar refractivity (Wildman–Crippen MR) is 245 cm³/mol. The van der Waals surface area contributed by atoms with Crippen molar-refractivity contribution in [2.45, 2.75) is 128 Å². The lowest BCUT2D eigenvalue weighted by atomic mass is 9.97. The second-order valence-electron chi connectivity index (χ2n) is 17.6. The Morgan fingerprint density at radius 2 is 1.57 bits per heavy atom. The summed E-state index contributed by atoms with van der Waals surface area (Å²) in [5, 5.41) is 24.9. The van der Waals surface area contributed by atoms with Crippen LogP contribution in [0.1, 0.15) is 112 Å². The molecule has 3 aromatic rings. The van der Waals surface area contributed by atoms with Crippen LogP contribution in [-0.2, 0) is 62.8 Å². The van der Waals surface area contributed by atoms with Crippen molar-refractivity contribution in [3.8, 4) is 11.4 Å². The van der Waals surface area contributed by atoms with Crippen molar-refractivity contribution in [3.05, 3.63) is 74.3 Å². The fourth-order valence-corrected chi connectivity index (χ4v) is 9.17. The average molecular weight is 959 g/mol. The third-order valence-electron chi connectivity index (χ3n) is 12.6. The van der Waals surface area contributed by atoms with Gasteiger partial charge in [-0.2, -0.15) is 0 Å². The number of aliphatic hydroxyl groups is 1. The molecule has 1 fully saturated rings. The summed E-state index contributed by atoms with van der Waals surface area (Å²) in [6, 6.07) is 2.75. The molecule has 7 amide bonds. The van der Waals surface area contributed by atoms with Gasteiger partial charge < -0.3 is 41.0 Å². The van der Waals surface area contributed by atoms with E-state index in [2.05, 4.69) is 26.6 Å². The molecule has 0 unspecified atom stereocenters. The van der Waals surface area contributed by atoms with E-state index in [1.807, 2.05) is 0 Å². The first-order valence-electron chi connectivity index (χ1n) is 22.8. The summed E-state index contributed by atoms with van der Waals surface area (Å²) in [4.78, 5) is 119. The highest BCUT2D eigenvalue weighted by atomic mass is 32.2. The molecule has 19 nitrogen and oxygen atoms in total. The first-order chi connectivity index (χ1) is 32.5. The minimum absolute atomic E-state index is 0.0966. The van der Waals surface area contributed by atoms with Crippen LogP contribution in [0.2, 0.25) is 0 Å². The van der Waals surface area contributed by atoms with Crippen LogP contribution in [-0.4, -0.2) is 103 Å². The zero-order chi connectivity index (χ0) is 48.9. The van der Waals surface area contributed by atoms with Gasteiger partial charge in [-0.25, -0.2) is 14.2 Å². The number of carbonyl (C=O) groups excluding carboxylic acids is 8. The summed E-state index contributed by atoms with van der Waals surface area (Å²) in [5.74, 6) is -2.96. The molecule has 68 heavy (non-hydrogen) atoms. The zero-order valence-corrected chi connectivity index (χ0v) is 38.9. The van der Waals surface area contributed by atoms with E-state index < -0.39 is 58.8 Å². The van der Waals surface area contributed by atoms with Gasteiger partial charge in [0, 0.05) is 60.7 Å². The number of benzene rings is 1. The highest BCUT2D eigenvalue weighted by Gasteiger charge is 2.52. The Morgan fingerprint density at radius 1 is 0.882 bits per heavy atom. The molecule has 3 aliphatic heterocycles. The molecule has 0 radical (unpaired) electrons. The van der Waals surface area contributed by atoms with E-state index in [9.17, 15) is 52.6 Å². The van der Waals surface area contributed by atoms with Crippen LogP contribution < -0.4 is 32.1 Å². The number of nitrogens with one attached hydrogen (secondary N) is 5. The number of rotatable bonds is 22. The molecule has 2 aromatic heterocycles. The van der Waals surface area contributed by atoms with Gasteiger partial charge in [0.05, 0.1) is 34.9 Å².